The van der Waals surface area contributed by atoms with Crippen molar-refractivity contribution in [1.29, 1.82) is 0 Å². The molecule has 0 bridgehead atoms. The number of aryl methyl sites for hydroxylation is 2. The van der Waals surface area contributed by atoms with Gasteiger partial charge in [0.1, 0.15) is 6.54 Å². The van der Waals surface area contributed by atoms with Gasteiger partial charge in [-0.3, -0.25) is 9.59 Å². The van der Waals surface area contributed by atoms with Crippen LogP contribution in [0.2, 0.25) is 0 Å². The monoisotopic (exact) mass is 380 g/mol. The molecule has 1 aromatic rings. The molecule has 0 aliphatic heterocycles. The predicted molar refractivity (Wildman–Crippen MR) is 97.0 cm³/mol. The first kappa shape index (κ1) is 20.1. The lowest BCUT2D eigenvalue weighted by Crippen LogP contribution is -2.38. The maximum Gasteiger partial charge on any atom is 0.321 e. The molecule has 0 aromatic heterocycles. The topological polar surface area (TPSA) is 102 Å². The number of ether oxygens (including phenoxy) is 1. The third-order valence-electron chi connectivity index (χ3n) is 4.13. The summed E-state index contributed by atoms with van der Waals surface area (Å²) in [7, 11) is -3.82. The fourth-order valence-corrected chi connectivity index (χ4v) is 3.74. The van der Waals surface area contributed by atoms with Crippen molar-refractivity contribution in [3.8, 4) is 0 Å². The van der Waals surface area contributed by atoms with Crippen LogP contribution in [0.25, 0.3) is 0 Å². The Bertz CT molecular complexity index is 789. The van der Waals surface area contributed by atoms with E-state index >= 15 is 0 Å². The van der Waals surface area contributed by atoms with Gasteiger partial charge in [0, 0.05) is 6.54 Å². The highest BCUT2D eigenvalue weighted by Gasteiger charge is 2.21. The largest absolute Gasteiger partial charge is 0.452 e. The van der Waals surface area contributed by atoms with E-state index in [0.717, 1.165) is 31.2 Å². The molecule has 0 heterocycles. The lowest BCUT2D eigenvalue weighted by molar-refractivity contribution is -0.153. The molecule has 0 radical (unpaired) electrons. The standard InChI is InChI=1S/C18H24N2O5S/c1-3-10-19-18(22)13(2)25-17(21)12-20-26(23,24)16-9-8-14-6-4-5-7-15(14)11-16/h3,8-9,11,13,20H,1,4-7,10,12H2,2H3,(H,19,22)/t13-/m1/s1. The van der Waals surface area contributed by atoms with Crippen LogP contribution in [0.5, 0.6) is 0 Å². The zero-order valence-electron chi connectivity index (χ0n) is 14.8. The molecule has 0 spiro atoms. The first-order valence-corrected chi connectivity index (χ1v) is 10.0. The van der Waals surface area contributed by atoms with E-state index in [1.54, 1.807) is 12.1 Å². The highest BCUT2D eigenvalue weighted by Crippen LogP contribution is 2.23. The molecule has 1 amide bonds. The number of fused-ring (bicyclic) bond motifs is 1. The normalized spacial score (nSPS) is 14.8. The molecule has 2 rings (SSSR count). The fraction of sp³-hybridized carbons (Fsp3) is 0.444. The molecule has 1 aromatic carbocycles. The summed E-state index contributed by atoms with van der Waals surface area (Å²) in [6.45, 7) is 4.59. The molecular formula is C18H24N2O5S. The van der Waals surface area contributed by atoms with Crippen molar-refractivity contribution in [3.05, 3.63) is 42.0 Å². The maximum atomic E-state index is 12.4. The summed E-state index contributed by atoms with van der Waals surface area (Å²) >= 11 is 0. The molecule has 0 saturated heterocycles. The lowest BCUT2D eigenvalue weighted by atomic mass is 9.92. The number of benzene rings is 1. The second-order valence-electron chi connectivity index (χ2n) is 6.13. The third-order valence-corrected chi connectivity index (χ3v) is 5.53. The molecular weight excluding hydrogens is 356 g/mol. The summed E-state index contributed by atoms with van der Waals surface area (Å²) in [5.74, 6) is -1.30. The second kappa shape index (κ2) is 8.95. The molecule has 0 saturated carbocycles. The van der Waals surface area contributed by atoms with Gasteiger partial charge in [-0.2, -0.15) is 4.72 Å². The minimum Gasteiger partial charge on any atom is -0.452 e. The van der Waals surface area contributed by atoms with E-state index < -0.39 is 34.5 Å². The summed E-state index contributed by atoms with van der Waals surface area (Å²) in [6.07, 6.45) is 4.46. The van der Waals surface area contributed by atoms with Crippen LogP contribution in [-0.4, -0.2) is 39.5 Å². The molecule has 7 nitrogen and oxygen atoms in total. The van der Waals surface area contributed by atoms with Crippen LogP contribution in [0.15, 0.2) is 35.7 Å². The number of sulfonamides is 1. The zero-order valence-corrected chi connectivity index (χ0v) is 15.6. The van der Waals surface area contributed by atoms with Crippen LogP contribution >= 0.6 is 0 Å². The van der Waals surface area contributed by atoms with Crippen molar-refractivity contribution in [3.63, 3.8) is 0 Å². The van der Waals surface area contributed by atoms with Crippen LogP contribution in [0.1, 0.15) is 30.9 Å². The van der Waals surface area contributed by atoms with Crippen molar-refractivity contribution < 1.29 is 22.7 Å². The Morgan fingerprint density at radius 3 is 2.65 bits per heavy atom. The van der Waals surface area contributed by atoms with Gasteiger partial charge in [0.05, 0.1) is 4.90 Å². The van der Waals surface area contributed by atoms with E-state index in [1.165, 1.54) is 18.6 Å². The fourth-order valence-electron chi connectivity index (χ4n) is 2.72. The zero-order chi connectivity index (χ0) is 19.2. The van der Waals surface area contributed by atoms with Gasteiger partial charge in [-0.25, -0.2) is 8.42 Å². The van der Waals surface area contributed by atoms with E-state index in [4.69, 9.17) is 4.74 Å². The molecule has 0 fully saturated rings. The molecule has 1 aliphatic carbocycles. The minimum atomic E-state index is -3.82. The smallest absolute Gasteiger partial charge is 0.321 e. The SMILES string of the molecule is C=CCNC(=O)[C@@H](C)OC(=O)CNS(=O)(=O)c1ccc2c(c1)CCCC2. The second-order valence-corrected chi connectivity index (χ2v) is 7.90. The van der Waals surface area contributed by atoms with E-state index in [2.05, 4.69) is 16.6 Å². The number of carbonyl (C=O) groups excluding carboxylic acids is 2. The molecule has 0 unspecified atom stereocenters. The predicted octanol–water partition coefficient (Wildman–Crippen LogP) is 1.08. The molecule has 1 atom stereocenters. The Kier molecular flexibility index (Phi) is 6.93. The number of esters is 1. The van der Waals surface area contributed by atoms with Crippen LogP contribution in [0, 0.1) is 0 Å². The van der Waals surface area contributed by atoms with Gasteiger partial charge in [0.25, 0.3) is 5.91 Å². The molecule has 142 valence electrons. The molecule has 26 heavy (non-hydrogen) atoms. The van der Waals surface area contributed by atoms with Gasteiger partial charge < -0.3 is 10.1 Å². The van der Waals surface area contributed by atoms with Crippen molar-refractivity contribution in [2.75, 3.05) is 13.1 Å². The lowest BCUT2D eigenvalue weighted by Gasteiger charge is -2.17. The summed E-state index contributed by atoms with van der Waals surface area (Å²) < 4.78 is 31.9. The Hall–Kier alpha value is -2.19. The minimum absolute atomic E-state index is 0.128. The Morgan fingerprint density at radius 2 is 1.96 bits per heavy atom. The average Bonchev–Trinajstić information content (AvgIpc) is 2.64. The Morgan fingerprint density at radius 1 is 1.27 bits per heavy atom. The van der Waals surface area contributed by atoms with Gasteiger partial charge in [0.2, 0.25) is 10.0 Å². The van der Waals surface area contributed by atoms with E-state index in [9.17, 15) is 18.0 Å². The summed E-state index contributed by atoms with van der Waals surface area (Å²) in [5.41, 5.74) is 2.21. The van der Waals surface area contributed by atoms with Crippen molar-refractivity contribution in [1.82, 2.24) is 10.0 Å². The van der Waals surface area contributed by atoms with Crippen molar-refractivity contribution in [2.45, 2.75) is 43.6 Å². The first-order valence-electron chi connectivity index (χ1n) is 8.53. The summed E-state index contributed by atoms with van der Waals surface area (Å²) in [5, 5.41) is 2.49. The molecule has 1 aliphatic rings. The first-order chi connectivity index (χ1) is 12.3. The summed E-state index contributed by atoms with van der Waals surface area (Å²) in [6, 6.07) is 5.03. The number of hydrogen-bond acceptors (Lipinski definition) is 5. The van der Waals surface area contributed by atoms with Gasteiger partial charge in [-0.1, -0.05) is 12.1 Å². The van der Waals surface area contributed by atoms with Crippen LogP contribution in [0.4, 0.5) is 0 Å². The van der Waals surface area contributed by atoms with Gasteiger partial charge in [-0.05, 0) is 55.9 Å². The van der Waals surface area contributed by atoms with Crippen molar-refractivity contribution >= 4 is 21.9 Å². The quantitative estimate of drug-likeness (QED) is 0.519. The highest BCUT2D eigenvalue weighted by atomic mass is 32.2. The Labute approximate surface area is 153 Å². The Balaban J connectivity index is 1.92. The average molecular weight is 380 g/mol. The maximum absolute atomic E-state index is 12.4. The van der Waals surface area contributed by atoms with Gasteiger partial charge >= 0.3 is 5.97 Å². The van der Waals surface area contributed by atoms with Crippen LogP contribution in [0.3, 0.4) is 0 Å². The van der Waals surface area contributed by atoms with Crippen LogP contribution < -0.4 is 10.0 Å². The van der Waals surface area contributed by atoms with Gasteiger partial charge in [-0.15, -0.1) is 6.58 Å². The number of amides is 1. The summed E-state index contributed by atoms with van der Waals surface area (Å²) in [4.78, 5) is 23.5. The molecule has 2 N–H and O–H groups in total. The van der Waals surface area contributed by atoms with E-state index in [1.807, 2.05) is 6.07 Å². The van der Waals surface area contributed by atoms with Gasteiger partial charge in [0.15, 0.2) is 6.10 Å². The number of hydrogen-bond donors (Lipinski definition) is 2. The van der Waals surface area contributed by atoms with E-state index in [-0.39, 0.29) is 11.4 Å². The third kappa shape index (κ3) is 5.40. The van der Waals surface area contributed by atoms with Crippen LogP contribution in [-0.2, 0) is 37.2 Å². The van der Waals surface area contributed by atoms with Crippen molar-refractivity contribution in [2.24, 2.45) is 0 Å². The highest BCUT2D eigenvalue weighted by molar-refractivity contribution is 7.89. The van der Waals surface area contributed by atoms with E-state index in [0.29, 0.717) is 0 Å². The molecule has 8 heteroatoms. The number of nitrogens with one attached hydrogen (secondary N) is 2. The number of rotatable bonds is 8. The number of carbonyl (C=O) groups is 2.